The third kappa shape index (κ3) is 3.68. The molecule has 1 saturated heterocycles. The van der Waals surface area contributed by atoms with Gasteiger partial charge < -0.3 is 9.42 Å². The number of rotatable bonds is 4. The van der Waals surface area contributed by atoms with Gasteiger partial charge in [0.25, 0.3) is 0 Å². The monoisotopic (exact) mass is 338 g/mol. The van der Waals surface area contributed by atoms with Crippen molar-refractivity contribution in [3.63, 3.8) is 0 Å². The van der Waals surface area contributed by atoms with Crippen LogP contribution in [0.4, 0.5) is 10.2 Å². The van der Waals surface area contributed by atoms with Gasteiger partial charge in [-0.05, 0) is 49.1 Å². The molecule has 2 aromatic heterocycles. The maximum absolute atomic E-state index is 13.0. The first-order valence-corrected chi connectivity index (χ1v) is 8.56. The number of hydrogen-bond acceptors (Lipinski definition) is 5. The highest BCUT2D eigenvalue weighted by Gasteiger charge is 2.15. The Hall–Kier alpha value is -2.76. The van der Waals surface area contributed by atoms with Gasteiger partial charge in [0.05, 0.1) is 6.42 Å². The number of piperidine rings is 1. The standard InChI is InChI=1S/C19H19FN4O/c20-16-6-4-14(5-7-16)12-18-22-19(23-25-18)15-8-9-21-17(13-15)24-10-2-1-3-11-24/h4-9,13H,1-3,10-12H2. The van der Waals surface area contributed by atoms with Crippen LogP contribution >= 0.6 is 0 Å². The number of benzene rings is 1. The molecule has 3 heterocycles. The number of pyridine rings is 1. The molecule has 1 aromatic carbocycles. The Bertz CT molecular complexity index is 841. The van der Waals surface area contributed by atoms with Crippen molar-refractivity contribution >= 4 is 5.82 Å². The SMILES string of the molecule is Fc1ccc(Cc2nc(-c3ccnc(N4CCCCC4)c3)no2)cc1. The first kappa shape index (κ1) is 15.7. The van der Waals surface area contributed by atoms with Crippen molar-refractivity contribution in [2.24, 2.45) is 0 Å². The Morgan fingerprint density at radius 3 is 2.64 bits per heavy atom. The minimum absolute atomic E-state index is 0.253. The summed E-state index contributed by atoms with van der Waals surface area (Å²) in [6.07, 6.45) is 5.96. The largest absolute Gasteiger partial charge is 0.357 e. The molecule has 0 unspecified atom stereocenters. The maximum Gasteiger partial charge on any atom is 0.231 e. The molecule has 0 N–H and O–H groups in total. The summed E-state index contributed by atoms with van der Waals surface area (Å²) in [4.78, 5) is 11.2. The molecular formula is C19H19FN4O. The van der Waals surface area contributed by atoms with Gasteiger partial charge in [0, 0.05) is 24.8 Å². The van der Waals surface area contributed by atoms with Gasteiger partial charge in [0.1, 0.15) is 11.6 Å². The van der Waals surface area contributed by atoms with E-state index >= 15 is 0 Å². The average molecular weight is 338 g/mol. The Balaban J connectivity index is 1.52. The van der Waals surface area contributed by atoms with E-state index in [9.17, 15) is 4.39 Å². The molecule has 0 bridgehead atoms. The first-order valence-electron chi connectivity index (χ1n) is 8.56. The van der Waals surface area contributed by atoms with E-state index in [1.54, 1.807) is 18.3 Å². The van der Waals surface area contributed by atoms with Crippen molar-refractivity contribution in [1.29, 1.82) is 0 Å². The van der Waals surface area contributed by atoms with Crippen molar-refractivity contribution in [3.8, 4) is 11.4 Å². The molecule has 5 nitrogen and oxygen atoms in total. The lowest BCUT2D eigenvalue weighted by molar-refractivity contribution is 0.385. The van der Waals surface area contributed by atoms with Gasteiger partial charge in [-0.3, -0.25) is 0 Å². The van der Waals surface area contributed by atoms with Crippen LogP contribution in [0.2, 0.25) is 0 Å². The van der Waals surface area contributed by atoms with E-state index in [0.717, 1.165) is 30.0 Å². The zero-order chi connectivity index (χ0) is 17.1. The minimum Gasteiger partial charge on any atom is -0.357 e. The molecule has 128 valence electrons. The molecule has 3 aromatic rings. The van der Waals surface area contributed by atoms with Gasteiger partial charge in [-0.25, -0.2) is 9.37 Å². The number of anilines is 1. The smallest absolute Gasteiger partial charge is 0.231 e. The fourth-order valence-electron chi connectivity index (χ4n) is 3.07. The number of hydrogen-bond donors (Lipinski definition) is 0. The molecule has 6 heteroatoms. The van der Waals surface area contributed by atoms with Gasteiger partial charge in [-0.15, -0.1) is 0 Å². The third-order valence-electron chi connectivity index (χ3n) is 4.42. The summed E-state index contributed by atoms with van der Waals surface area (Å²) in [5, 5.41) is 4.08. The quantitative estimate of drug-likeness (QED) is 0.723. The second-order valence-corrected chi connectivity index (χ2v) is 6.27. The summed E-state index contributed by atoms with van der Waals surface area (Å²) in [7, 11) is 0. The van der Waals surface area contributed by atoms with Gasteiger partial charge in [-0.1, -0.05) is 17.3 Å². The molecule has 0 amide bonds. The van der Waals surface area contributed by atoms with Crippen molar-refractivity contribution < 1.29 is 8.91 Å². The summed E-state index contributed by atoms with van der Waals surface area (Å²) in [6.45, 7) is 2.08. The molecule has 0 atom stereocenters. The Labute approximate surface area is 145 Å². The molecule has 1 fully saturated rings. The lowest BCUT2D eigenvalue weighted by atomic mass is 10.1. The third-order valence-corrected chi connectivity index (χ3v) is 4.42. The topological polar surface area (TPSA) is 55.1 Å². The highest BCUT2D eigenvalue weighted by molar-refractivity contribution is 5.59. The Morgan fingerprint density at radius 1 is 1.04 bits per heavy atom. The fourth-order valence-corrected chi connectivity index (χ4v) is 3.07. The van der Waals surface area contributed by atoms with Crippen LogP contribution in [0.15, 0.2) is 47.1 Å². The normalized spacial score (nSPS) is 14.7. The fraction of sp³-hybridized carbons (Fsp3) is 0.316. The van der Waals surface area contributed by atoms with Crippen LogP contribution in [0.5, 0.6) is 0 Å². The van der Waals surface area contributed by atoms with Crippen molar-refractivity contribution in [3.05, 3.63) is 59.9 Å². The van der Waals surface area contributed by atoms with Crippen molar-refractivity contribution in [1.82, 2.24) is 15.1 Å². The van der Waals surface area contributed by atoms with Gasteiger partial charge in [-0.2, -0.15) is 4.98 Å². The van der Waals surface area contributed by atoms with E-state index in [1.807, 2.05) is 12.1 Å². The lowest BCUT2D eigenvalue weighted by Crippen LogP contribution is -2.30. The van der Waals surface area contributed by atoms with Crippen molar-refractivity contribution in [2.75, 3.05) is 18.0 Å². The summed E-state index contributed by atoms with van der Waals surface area (Å²) >= 11 is 0. The predicted octanol–water partition coefficient (Wildman–Crippen LogP) is 3.85. The number of nitrogens with zero attached hydrogens (tertiary/aromatic N) is 4. The van der Waals surface area contributed by atoms with Crippen LogP contribution in [-0.4, -0.2) is 28.2 Å². The zero-order valence-electron chi connectivity index (χ0n) is 13.9. The summed E-state index contributed by atoms with van der Waals surface area (Å²) in [5.41, 5.74) is 1.82. The van der Waals surface area contributed by atoms with Crippen LogP contribution in [-0.2, 0) is 6.42 Å². The van der Waals surface area contributed by atoms with E-state index in [-0.39, 0.29) is 5.82 Å². The molecule has 0 saturated carbocycles. The molecule has 1 aliphatic rings. The average Bonchev–Trinajstić information content (AvgIpc) is 3.13. The lowest BCUT2D eigenvalue weighted by Gasteiger charge is -2.27. The van der Waals surface area contributed by atoms with Crippen LogP contribution in [0.1, 0.15) is 30.7 Å². The molecule has 25 heavy (non-hydrogen) atoms. The minimum atomic E-state index is -0.253. The highest BCUT2D eigenvalue weighted by atomic mass is 19.1. The van der Waals surface area contributed by atoms with Crippen LogP contribution < -0.4 is 4.90 Å². The van der Waals surface area contributed by atoms with Gasteiger partial charge in [0.2, 0.25) is 11.7 Å². The molecule has 0 radical (unpaired) electrons. The summed E-state index contributed by atoms with van der Waals surface area (Å²) in [6, 6.07) is 10.2. The van der Waals surface area contributed by atoms with E-state index < -0.39 is 0 Å². The molecular weight excluding hydrogens is 319 g/mol. The second-order valence-electron chi connectivity index (χ2n) is 6.27. The van der Waals surface area contributed by atoms with E-state index in [2.05, 4.69) is 20.0 Å². The van der Waals surface area contributed by atoms with E-state index in [1.165, 1.54) is 31.4 Å². The highest BCUT2D eigenvalue weighted by Crippen LogP contribution is 2.23. The van der Waals surface area contributed by atoms with Crippen molar-refractivity contribution in [2.45, 2.75) is 25.7 Å². The van der Waals surface area contributed by atoms with Gasteiger partial charge >= 0.3 is 0 Å². The first-order chi connectivity index (χ1) is 12.3. The summed E-state index contributed by atoms with van der Waals surface area (Å²) in [5.74, 6) is 1.77. The van der Waals surface area contributed by atoms with Crippen LogP contribution in [0.3, 0.4) is 0 Å². The summed E-state index contributed by atoms with van der Waals surface area (Å²) < 4.78 is 18.3. The maximum atomic E-state index is 13.0. The Kier molecular flexibility index (Phi) is 4.41. The van der Waals surface area contributed by atoms with Gasteiger partial charge in [0.15, 0.2) is 0 Å². The number of aromatic nitrogens is 3. The van der Waals surface area contributed by atoms with Crippen LogP contribution in [0, 0.1) is 5.82 Å². The predicted molar refractivity (Wildman–Crippen MR) is 92.8 cm³/mol. The molecule has 4 rings (SSSR count). The molecule has 1 aliphatic heterocycles. The van der Waals surface area contributed by atoms with E-state index in [0.29, 0.717) is 18.1 Å². The zero-order valence-corrected chi connectivity index (χ0v) is 13.9. The molecule has 0 aliphatic carbocycles. The van der Waals surface area contributed by atoms with E-state index in [4.69, 9.17) is 4.52 Å². The van der Waals surface area contributed by atoms with Crippen LogP contribution in [0.25, 0.3) is 11.4 Å². The second kappa shape index (κ2) is 7.01. The molecule has 0 spiro atoms. The Morgan fingerprint density at radius 2 is 1.84 bits per heavy atom. The number of halogens is 1.